The smallest absolute Gasteiger partial charge is 0.269 e. The van der Waals surface area contributed by atoms with E-state index in [1.165, 1.54) is 36.4 Å². The maximum absolute atomic E-state index is 11.9. The SMILES string of the molecule is O=[N+]([O-])c1ccc(-c2c3nc(c(-c4ccc([N+](=O)[O-])cc4)c4[nH]c(c(Br)c4Br)c(-c4ccc([N+](=O)[O-])cc4)c4nc(c(-c5ccccc5)c5[nH]c2c(Br)c5Br)C(Br)=C4Br)C(Br)=C3Br)cc1. The molecule has 2 N–H and O–H groups in total. The van der Waals surface area contributed by atoms with E-state index in [9.17, 15) is 30.3 Å². The van der Waals surface area contributed by atoms with Crippen LogP contribution in [0.1, 0.15) is 22.8 Å². The summed E-state index contributed by atoms with van der Waals surface area (Å²) in [5.41, 5.74) is 8.55. The van der Waals surface area contributed by atoms with E-state index in [2.05, 4.69) is 137 Å². The summed E-state index contributed by atoms with van der Waals surface area (Å²) in [5, 5.41) is 35.6. The van der Waals surface area contributed by atoms with Crippen molar-refractivity contribution < 1.29 is 14.8 Å². The largest absolute Gasteiger partial charge is 0.352 e. The molecule has 5 heterocycles. The first-order valence-electron chi connectivity index (χ1n) is 18.5. The molecule has 7 aromatic rings. The molecular weight excluding hydrogens is 1360 g/mol. The van der Waals surface area contributed by atoms with Crippen molar-refractivity contribution in [2.24, 2.45) is 0 Å². The van der Waals surface area contributed by atoms with Crippen LogP contribution in [-0.4, -0.2) is 34.7 Å². The summed E-state index contributed by atoms with van der Waals surface area (Å²) in [6, 6.07) is 28.1. The molecular formula is C44H19Br8N7O6. The molecule has 0 spiro atoms. The van der Waals surface area contributed by atoms with E-state index in [0.29, 0.717) is 120 Å². The molecule has 9 rings (SSSR count). The second-order valence-corrected chi connectivity index (χ2v) is 20.5. The monoisotopic (exact) mass is 1370 g/mol. The van der Waals surface area contributed by atoms with E-state index in [-0.39, 0.29) is 17.1 Å². The number of aromatic amines is 2. The van der Waals surface area contributed by atoms with Gasteiger partial charge in [0.25, 0.3) is 17.1 Å². The summed E-state index contributed by atoms with van der Waals surface area (Å²) in [5.74, 6) is 0. The summed E-state index contributed by atoms with van der Waals surface area (Å²) in [6.45, 7) is 0. The van der Waals surface area contributed by atoms with Crippen molar-refractivity contribution in [2.45, 2.75) is 0 Å². The molecule has 13 nitrogen and oxygen atoms in total. The molecule has 21 heteroatoms. The maximum atomic E-state index is 11.9. The number of halogens is 8. The average Bonchev–Trinajstić information content (AvgIpc) is 3.96. The molecule has 2 aliphatic heterocycles. The Balaban J connectivity index is 1.59. The van der Waals surface area contributed by atoms with E-state index in [1.54, 1.807) is 36.4 Å². The highest BCUT2D eigenvalue weighted by Gasteiger charge is 2.31. The summed E-state index contributed by atoms with van der Waals surface area (Å²) < 4.78 is 4.57. The van der Waals surface area contributed by atoms with Gasteiger partial charge in [0.05, 0.1) is 95.4 Å². The number of non-ortho nitro benzene ring substituents is 3. The normalized spacial score (nSPS) is 12.6. The Bertz CT molecular complexity index is 3430. The summed E-state index contributed by atoms with van der Waals surface area (Å²) in [6.07, 6.45) is 0. The minimum absolute atomic E-state index is 0.101. The van der Waals surface area contributed by atoms with Crippen molar-refractivity contribution in [1.29, 1.82) is 0 Å². The zero-order chi connectivity index (χ0) is 46.2. The number of hydrogen-bond donors (Lipinski definition) is 2. The van der Waals surface area contributed by atoms with Crippen LogP contribution in [0.25, 0.3) is 84.5 Å². The van der Waals surface area contributed by atoms with Gasteiger partial charge in [-0.25, -0.2) is 9.97 Å². The predicted molar refractivity (Wildman–Crippen MR) is 283 cm³/mol. The third kappa shape index (κ3) is 7.94. The Morgan fingerprint density at radius 2 is 0.585 bits per heavy atom. The number of nitrogens with zero attached hydrogens (tertiary/aromatic N) is 5. The van der Waals surface area contributed by atoms with E-state index in [4.69, 9.17) is 9.97 Å². The molecule has 0 radical (unpaired) electrons. The van der Waals surface area contributed by atoms with Crippen LogP contribution in [0.15, 0.2) is 121 Å². The van der Waals surface area contributed by atoms with Gasteiger partial charge in [0, 0.05) is 58.7 Å². The van der Waals surface area contributed by atoms with Crippen molar-refractivity contribution in [3.63, 3.8) is 0 Å². The van der Waals surface area contributed by atoms with Gasteiger partial charge in [-0.15, -0.1) is 0 Å². The van der Waals surface area contributed by atoms with Crippen LogP contribution in [0.4, 0.5) is 17.1 Å². The molecule has 8 bridgehead atoms. The van der Waals surface area contributed by atoms with E-state index < -0.39 is 14.8 Å². The highest BCUT2D eigenvalue weighted by molar-refractivity contribution is 9.18. The molecule has 2 aliphatic rings. The van der Waals surface area contributed by atoms with Crippen LogP contribution in [0.2, 0.25) is 0 Å². The predicted octanol–water partition coefficient (Wildman–Crippen LogP) is 17.0. The van der Waals surface area contributed by atoms with Gasteiger partial charge in [-0.3, -0.25) is 30.3 Å². The lowest BCUT2D eigenvalue weighted by atomic mass is 10.0. The summed E-state index contributed by atoms with van der Waals surface area (Å²) >= 11 is 31.0. The first-order chi connectivity index (χ1) is 31.1. The Hall–Kier alpha value is -4.48. The minimum Gasteiger partial charge on any atom is -0.352 e. The molecule has 0 unspecified atom stereocenters. The maximum Gasteiger partial charge on any atom is 0.269 e. The van der Waals surface area contributed by atoms with Crippen molar-refractivity contribution in [1.82, 2.24) is 19.9 Å². The second-order valence-electron chi connectivity index (χ2n) is 14.2. The van der Waals surface area contributed by atoms with Gasteiger partial charge in [0.1, 0.15) is 0 Å². The first-order valence-corrected chi connectivity index (χ1v) is 24.9. The van der Waals surface area contributed by atoms with Crippen molar-refractivity contribution >= 4 is 184 Å². The molecule has 322 valence electrons. The fourth-order valence-corrected chi connectivity index (χ4v) is 11.4. The zero-order valence-corrected chi connectivity index (χ0v) is 44.7. The molecule has 4 aromatic carbocycles. The van der Waals surface area contributed by atoms with Crippen LogP contribution in [-0.2, 0) is 0 Å². The molecule has 3 aromatic heterocycles. The fourth-order valence-electron chi connectivity index (χ4n) is 7.55. The lowest BCUT2D eigenvalue weighted by Gasteiger charge is -2.08. The molecule has 65 heavy (non-hydrogen) atoms. The highest BCUT2D eigenvalue weighted by atomic mass is 79.9. The number of H-pyrrole nitrogens is 2. The molecule has 0 saturated heterocycles. The lowest BCUT2D eigenvalue weighted by molar-refractivity contribution is -0.385. The molecule has 0 amide bonds. The van der Waals surface area contributed by atoms with Crippen LogP contribution in [0, 0.1) is 30.3 Å². The van der Waals surface area contributed by atoms with E-state index in [0.717, 1.165) is 5.56 Å². The van der Waals surface area contributed by atoms with Gasteiger partial charge in [-0.05, 0) is 186 Å². The topological polar surface area (TPSA) is 187 Å². The molecule has 0 fully saturated rings. The highest BCUT2D eigenvalue weighted by Crippen LogP contribution is 2.53. The van der Waals surface area contributed by atoms with Gasteiger partial charge >= 0.3 is 0 Å². The number of benzene rings is 4. The Morgan fingerprint density at radius 3 is 0.815 bits per heavy atom. The summed E-state index contributed by atoms with van der Waals surface area (Å²) in [4.78, 5) is 52.2. The standard InChI is InChI=1S/C44H19Br8N7O6/c45-29-31(47)39-26(19-6-12-22(13-7-19)57(60)61)41-33(49)35(51)43(55-41)28(21-10-16-24(17-11-21)59(64)65)44-36(52)34(50)42(56-44)27(20-8-14-23(15-9-20)58(62)63)40-32(48)30(46)38(54-40)25(37(29)53-39)18-4-2-1-3-5-18/h1-17,53,56H. The number of nitro benzene ring substituents is 3. The van der Waals surface area contributed by atoms with Crippen LogP contribution < -0.4 is 0 Å². The number of nitrogens with one attached hydrogen (secondary N) is 2. The zero-order valence-electron chi connectivity index (χ0n) is 32.0. The number of hydrogen-bond acceptors (Lipinski definition) is 8. The van der Waals surface area contributed by atoms with E-state index >= 15 is 0 Å². The van der Waals surface area contributed by atoms with Crippen molar-refractivity contribution in [2.75, 3.05) is 0 Å². The van der Waals surface area contributed by atoms with Crippen LogP contribution in [0.3, 0.4) is 0 Å². The van der Waals surface area contributed by atoms with Crippen LogP contribution >= 0.6 is 127 Å². The summed E-state index contributed by atoms with van der Waals surface area (Å²) in [7, 11) is 0. The Labute approximate surface area is 433 Å². The lowest BCUT2D eigenvalue weighted by Crippen LogP contribution is -1.92. The Kier molecular flexibility index (Phi) is 12.6. The number of aromatic nitrogens is 4. The minimum atomic E-state index is -0.479. The average molecular weight is 1380 g/mol. The van der Waals surface area contributed by atoms with Crippen molar-refractivity contribution in [3.8, 4) is 44.5 Å². The third-order valence-electron chi connectivity index (χ3n) is 10.5. The Morgan fingerprint density at radius 1 is 0.354 bits per heavy atom. The quantitative estimate of drug-likeness (QED) is 0.117. The first kappa shape index (κ1) is 45.7. The number of nitro groups is 3. The number of rotatable bonds is 7. The van der Waals surface area contributed by atoms with Gasteiger partial charge < -0.3 is 9.97 Å². The van der Waals surface area contributed by atoms with E-state index in [1.807, 2.05) is 30.3 Å². The fraction of sp³-hybridized carbons (Fsp3) is 0. The third-order valence-corrected chi connectivity index (χ3v) is 18.9. The number of fused-ring (bicyclic) bond motifs is 8. The van der Waals surface area contributed by atoms with Gasteiger partial charge in [0.2, 0.25) is 0 Å². The second kappa shape index (κ2) is 18.0. The van der Waals surface area contributed by atoms with Crippen LogP contribution in [0.5, 0.6) is 0 Å². The molecule has 0 aliphatic carbocycles. The molecule has 0 atom stereocenters. The van der Waals surface area contributed by atoms with Crippen molar-refractivity contribution in [3.05, 3.63) is 174 Å². The molecule has 0 saturated carbocycles. The van der Waals surface area contributed by atoms with Gasteiger partial charge in [0.15, 0.2) is 0 Å². The van der Waals surface area contributed by atoms with Gasteiger partial charge in [-0.1, -0.05) is 30.3 Å². The van der Waals surface area contributed by atoms with Gasteiger partial charge in [-0.2, -0.15) is 0 Å².